The van der Waals surface area contributed by atoms with Crippen LogP contribution in [0.25, 0.3) is 11.3 Å². The van der Waals surface area contributed by atoms with Crippen LogP contribution in [0.1, 0.15) is 10.5 Å². The van der Waals surface area contributed by atoms with Crippen LogP contribution in [0.15, 0.2) is 48.9 Å². The maximum absolute atomic E-state index is 13.1. The van der Waals surface area contributed by atoms with E-state index in [9.17, 15) is 4.79 Å². The summed E-state index contributed by atoms with van der Waals surface area (Å²) in [6, 6.07) is 9.52. The van der Waals surface area contributed by atoms with Gasteiger partial charge in [0.1, 0.15) is 0 Å². The first-order chi connectivity index (χ1) is 16.2. The van der Waals surface area contributed by atoms with Crippen molar-refractivity contribution < 1.29 is 9.53 Å². The minimum atomic E-state index is -0.447. The lowest BCUT2D eigenvalue weighted by Gasteiger charge is -2.30. The number of pyridine rings is 1. The maximum Gasteiger partial charge on any atom is 0.278 e. The number of morpholine rings is 1. The van der Waals surface area contributed by atoms with E-state index >= 15 is 0 Å². The van der Waals surface area contributed by atoms with Gasteiger partial charge in [-0.05, 0) is 18.2 Å². The number of nitrogen functional groups attached to an aromatic ring is 1. The predicted molar refractivity (Wildman–Crippen MR) is 129 cm³/mol. The van der Waals surface area contributed by atoms with Crippen molar-refractivity contribution >= 4 is 36.8 Å². The van der Waals surface area contributed by atoms with Crippen LogP contribution in [0.5, 0.6) is 0 Å². The summed E-state index contributed by atoms with van der Waals surface area (Å²) in [5, 5.41) is 8.72. The van der Waals surface area contributed by atoms with Crippen molar-refractivity contribution in [3.63, 3.8) is 0 Å². The molecule has 4 rings (SSSR count). The number of nitrogens with one attached hydrogen (secondary N) is 3. The molecular weight excluding hydrogens is 419 g/mol. The lowest BCUT2D eigenvalue weighted by molar-refractivity contribution is 0.102. The first-order valence-electron chi connectivity index (χ1n) is 10.6. The normalized spacial score (nSPS) is 13.5. The second-order valence-electron chi connectivity index (χ2n) is 7.39. The lowest BCUT2D eigenvalue weighted by Crippen LogP contribution is -2.36. The van der Waals surface area contributed by atoms with E-state index in [2.05, 4.69) is 35.7 Å². The van der Waals surface area contributed by atoms with Gasteiger partial charge in [0.15, 0.2) is 19.5 Å². The van der Waals surface area contributed by atoms with Crippen LogP contribution < -0.4 is 26.5 Å². The second kappa shape index (κ2) is 10.8. The fraction of sp³-hybridized carbons (Fsp3) is 0.273. The summed E-state index contributed by atoms with van der Waals surface area (Å²) in [4.78, 5) is 28.0. The Labute approximate surface area is 193 Å². The van der Waals surface area contributed by atoms with Crippen molar-refractivity contribution in [2.24, 2.45) is 0 Å². The summed E-state index contributed by atoms with van der Waals surface area (Å²) in [6.07, 6.45) is 4.86. The molecule has 1 fully saturated rings. The van der Waals surface area contributed by atoms with Crippen molar-refractivity contribution in [3.8, 4) is 11.3 Å². The molecule has 1 saturated heterocycles. The van der Waals surface area contributed by atoms with E-state index in [-0.39, 0.29) is 11.5 Å². The number of carbonyl (C=O) groups excluding carboxylic acids is 1. The number of carbonyl (C=O) groups is 1. The molecule has 0 spiro atoms. The molecule has 1 amide bonds. The van der Waals surface area contributed by atoms with Gasteiger partial charge in [0.05, 0.1) is 42.7 Å². The van der Waals surface area contributed by atoms with Gasteiger partial charge in [-0.1, -0.05) is 12.1 Å². The molecule has 0 saturated carbocycles. The summed E-state index contributed by atoms with van der Waals surface area (Å²) in [6.45, 7) is 4.08. The van der Waals surface area contributed by atoms with E-state index in [0.717, 1.165) is 30.0 Å². The zero-order chi connectivity index (χ0) is 23.0. The fourth-order valence-corrected chi connectivity index (χ4v) is 3.49. The lowest BCUT2D eigenvalue weighted by atomic mass is 10.1. The van der Waals surface area contributed by atoms with Gasteiger partial charge < -0.3 is 31.2 Å². The molecular formula is C22H25BN8O2. The number of hydrogen-bond donors (Lipinski definition) is 4. The van der Waals surface area contributed by atoms with Crippen LogP contribution in [0.3, 0.4) is 0 Å². The first-order valence-corrected chi connectivity index (χ1v) is 10.6. The first kappa shape index (κ1) is 22.5. The Morgan fingerprint density at radius 1 is 1.12 bits per heavy atom. The van der Waals surface area contributed by atoms with Gasteiger partial charge in [0.2, 0.25) is 0 Å². The van der Waals surface area contributed by atoms with Crippen LogP contribution in [-0.4, -0.2) is 68.2 Å². The Kier molecular flexibility index (Phi) is 7.33. The standard InChI is InChI=1S/C22H25BN8O2/c23-28-8-7-26-16-3-1-15(2-4-16)17-14-27-21(24)20(29-17)22(32)30-18-13-25-6-5-19(18)31-9-11-33-12-10-31/h1-6,13-14,26,28H,7-12H2,(H2,24,27)(H,30,32). The van der Waals surface area contributed by atoms with Crippen molar-refractivity contribution in [1.82, 2.24) is 20.2 Å². The van der Waals surface area contributed by atoms with Crippen molar-refractivity contribution in [1.29, 1.82) is 0 Å². The second-order valence-corrected chi connectivity index (χ2v) is 7.39. The quantitative estimate of drug-likeness (QED) is 0.300. The van der Waals surface area contributed by atoms with E-state index in [1.807, 2.05) is 30.3 Å². The molecule has 3 aromatic rings. The predicted octanol–water partition coefficient (Wildman–Crippen LogP) is 1.29. The number of nitrogens with two attached hydrogens (primary N) is 1. The minimum Gasteiger partial charge on any atom is -0.384 e. The van der Waals surface area contributed by atoms with E-state index in [1.165, 1.54) is 0 Å². The third-order valence-corrected chi connectivity index (χ3v) is 5.19. The Hall–Kier alpha value is -3.70. The molecule has 11 heteroatoms. The highest BCUT2D eigenvalue weighted by molar-refractivity contribution is 6.07. The number of hydrogen-bond acceptors (Lipinski definition) is 9. The number of benzene rings is 1. The van der Waals surface area contributed by atoms with E-state index in [0.29, 0.717) is 37.7 Å². The molecule has 0 bridgehead atoms. The molecule has 1 aliphatic heterocycles. The Balaban J connectivity index is 1.52. The zero-order valence-electron chi connectivity index (χ0n) is 18.1. The molecule has 1 aromatic carbocycles. The van der Waals surface area contributed by atoms with Crippen molar-refractivity contribution in [2.75, 3.05) is 60.7 Å². The van der Waals surface area contributed by atoms with Crippen LogP contribution >= 0.6 is 0 Å². The minimum absolute atomic E-state index is 0.0560. The Bertz CT molecular complexity index is 1090. The molecule has 3 heterocycles. The number of nitrogens with zero attached hydrogens (tertiary/aromatic N) is 4. The summed E-state index contributed by atoms with van der Waals surface area (Å²) >= 11 is 0. The van der Waals surface area contributed by atoms with Gasteiger partial charge in [-0.25, -0.2) is 9.97 Å². The molecule has 5 N–H and O–H groups in total. The number of amides is 1. The van der Waals surface area contributed by atoms with Gasteiger partial charge in [-0.15, -0.1) is 0 Å². The largest absolute Gasteiger partial charge is 0.384 e. The molecule has 0 atom stereocenters. The maximum atomic E-state index is 13.1. The smallest absolute Gasteiger partial charge is 0.278 e. The van der Waals surface area contributed by atoms with Gasteiger partial charge in [0.25, 0.3) is 5.91 Å². The average molecular weight is 444 g/mol. The van der Waals surface area contributed by atoms with E-state index < -0.39 is 5.91 Å². The molecule has 33 heavy (non-hydrogen) atoms. The monoisotopic (exact) mass is 444 g/mol. The molecule has 2 radical (unpaired) electrons. The molecule has 10 nitrogen and oxygen atoms in total. The SMILES string of the molecule is [B]NCCNc1ccc(-c2cnc(N)c(C(=O)Nc3cnccc3N3CCOCC3)n2)cc1. The highest BCUT2D eigenvalue weighted by Crippen LogP contribution is 2.27. The van der Waals surface area contributed by atoms with Crippen molar-refractivity contribution in [3.05, 3.63) is 54.6 Å². The molecule has 168 valence electrons. The highest BCUT2D eigenvalue weighted by atomic mass is 16.5. The summed E-state index contributed by atoms with van der Waals surface area (Å²) < 4.78 is 5.42. The molecule has 1 aliphatic rings. The fourth-order valence-electron chi connectivity index (χ4n) is 3.49. The van der Waals surface area contributed by atoms with E-state index in [1.54, 1.807) is 18.6 Å². The topological polar surface area (TPSA) is 130 Å². The Morgan fingerprint density at radius 3 is 2.67 bits per heavy atom. The van der Waals surface area contributed by atoms with Gasteiger partial charge in [0, 0.05) is 43.6 Å². The number of rotatable bonds is 8. The van der Waals surface area contributed by atoms with E-state index in [4.69, 9.17) is 18.5 Å². The van der Waals surface area contributed by atoms with Crippen LogP contribution in [0, 0.1) is 0 Å². The highest BCUT2D eigenvalue weighted by Gasteiger charge is 2.19. The van der Waals surface area contributed by atoms with Crippen molar-refractivity contribution in [2.45, 2.75) is 0 Å². The number of ether oxygens (including phenoxy) is 1. The molecule has 2 aromatic heterocycles. The van der Waals surface area contributed by atoms with Crippen LogP contribution in [-0.2, 0) is 4.74 Å². The molecule has 0 unspecified atom stereocenters. The van der Waals surface area contributed by atoms with Crippen LogP contribution in [0.2, 0.25) is 0 Å². The average Bonchev–Trinajstić information content (AvgIpc) is 2.86. The van der Waals surface area contributed by atoms with Gasteiger partial charge in [-0.2, -0.15) is 0 Å². The summed E-state index contributed by atoms with van der Waals surface area (Å²) in [5.74, 6) is -0.391. The summed E-state index contributed by atoms with van der Waals surface area (Å²) in [7, 11) is 5.28. The third-order valence-electron chi connectivity index (χ3n) is 5.19. The molecule has 0 aliphatic carbocycles. The third kappa shape index (κ3) is 5.57. The van der Waals surface area contributed by atoms with Gasteiger partial charge in [-0.3, -0.25) is 9.78 Å². The zero-order valence-corrected chi connectivity index (χ0v) is 18.1. The summed E-state index contributed by atoms with van der Waals surface area (Å²) in [5.41, 5.74) is 9.81. The number of aromatic nitrogens is 3. The Morgan fingerprint density at radius 2 is 1.91 bits per heavy atom. The number of anilines is 4. The van der Waals surface area contributed by atoms with Gasteiger partial charge >= 0.3 is 0 Å². The van der Waals surface area contributed by atoms with Crippen LogP contribution in [0.4, 0.5) is 22.9 Å².